The predicted molar refractivity (Wildman–Crippen MR) is 93.0 cm³/mol. The van der Waals surface area contributed by atoms with E-state index in [1.165, 1.54) is 15.6 Å². The van der Waals surface area contributed by atoms with E-state index in [0.29, 0.717) is 13.2 Å². The van der Waals surface area contributed by atoms with Crippen molar-refractivity contribution in [3.8, 4) is 0 Å². The van der Waals surface area contributed by atoms with Gasteiger partial charge in [0.2, 0.25) is 5.91 Å². The average molecular weight is 341 g/mol. The summed E-state index contributed by atoms with van der Waals surface area (Å²) in [7, 11) is 0. The SMILES string of the molecule is C[C@H]1OCCN[C@@H]1C(=O)NCCc1csc2ccccc12.Cl. The van der Waals surface area contributed by atoms with E-state index >= 15 is 0 Å². The van der Waals surface area contributed by atoms with Crippen LogP contribution in [0.5, 0.6) is 0 Å². The highest BCUT2D eigenvalue weighted by molar-refractivity contribution is 7.17. The van der Waals surface area contributed by atoms with Crippen LogP contribution in [0, 0.1) is 0 Å². The van der Waals surface area contributed by atoms with Crippen LogP contribution in [0.1, 0.15) is 12.5 Å². The summed E-state index contributed by atoms with van der Waals surface area (Å²) in [6.07, 6.45) is 0.790. The minimum atomic E-state index is -0.238. The van der Waals surface area contributed by atoms with Gasteiger partial charge in [0.15, 0.2) is 0 Å². The van der Waals surface area contributed by atoms with Gasteiger partial charge in [-0.2, -0.15) is 0 Å². The zero-order valence-electron chi connectivity index (χ0n) is 12.5. The van der Waals surface area contributed by atoms with Crippen LogP contribution in [0.4, 0.5) is 0 Å². The van der Waals surface area contributed by atoms with Crippen molar-refractivity contribution in [1.29, 1.82) is 0 Å². The van der Waals surface area contributed by atoms with Crippen molar-refractivity contribution in [3.05, 3.63) is 35.2 Å². The van der Waals surface area contributed by atoms with E-state index in [4.69, 9.17) is 4.74 Å². The first-order chi connectivity index (χ1) is 10.3. The van der Waals surface area contributed by atoms with Gasteiger partial charge in [0, 0.05) is 17.8 Å². The van der Waals surface area contributed by atoms with Crippen LogP contribution in [0.2, 0.25) is 0 Å². The molecule has 0 bridgehead atoms. The molecule has 1 saturated heterocycles. The third-order valence-corrected chi connectivity index (χ3v) is 4.87. The minimum Gasteiger partial charge on any atom is -0.375 e. The Hall–Kier alpha value is -1.14. The summed E-state index contributed by atoms with van der Waals surface area (Å²) in [5, 5.41) is 9.69. The molecule has 0 spiro atoms. The van der Waals surface area contributed by atoms with Gasteiger partial charge >= 0.3 is 0 Å². The van der Waals surface area contributed by atoms with Gasteiger partial charge in [-0.25, -0.2) is 0 Å². The summed E-state index contributed by atoms with van der Waals surface area (Å²) < 4.78 is 6.80. The molecule has 0 radical (unpaired) electrons. The standard InChI is InChI=1S/C16H20N2O2S.ClH/c1-11-15(17-8-9-20-11)16(19)18-7-6-12-10-21-14-5-3-2-4-13(12)14;/h2-5,10-11,15,17H,6-9H2,1H3,(H,18,19);1H/t11-,15+;/m1./s1. The molecule has 2 atom stereocenters. The van der Waals surface area contributed by atoms with Gasteiger partial charge in [-0.05, 0) is 35.7 Å². The first-order valence-electron chi connectivity index (χ1n) is 7.33. The maximum absolute atomic E-state index is 12.1. The summed E-state index contributed by atoms with van der Waals surface area (Å²) in [6, 6.07) is 8.15. The number of halogens is 1. The second kappa shape index (κ2) is 7.92. The van der Waals surface area contributed by atoms with E-state index in [0.717, 1.165) is 13.0 Å². The van der Waals surface area contributed by atoms with Crippen LogP contribution in [0.15, 0.2) is 29.6 Å². The molecule has 1 aliphatic heterocycles. The molecule has 4 nitrogen and oxygen atoms in total. The topological polar surface area (TPSA) is 50.4 Å². The molecular weight excluding hydrogens is 320 g/mol. The van der Waals surface area contributed by atoms with Crippen LogP contribution < -0.4 is 10.6 Å². The molecular formula is C16H21ClN2O2S. The van der Waals surface area contributed by atoms with Crippen molar-refractivity contribution in [2.24, 2.45) is 0 Å². The Kier molecular flexibility index (Phi) is 6.20. The summed E-state index contributed by atoms with van der Waals surface area (Å²) >= 11 is 1.76. The lowest BCUT2D eigenvalue weighted by Gasteiger charge is -2.29. The summed E-state index contributed by atoms with van der Waals surface area (Å²) in [6.45, 7) is 4.00. The molecule has 22 heavy (non-hydrogen) atoms. The van der Waals surface area contributed by atoms with Crippen molar-refractivity contribution in [2.75, 3.05) is 19.7 Å². The molecule has 1 aliphatic rings. The fourth-order valence-corrected chi connectivity index (χ4v) is 3.68. The maximum Gasteiger partial charge on any atom is 0.239 e. The number of benzene rings is 1. The Balaban J connectivity index is 0.00000176. The van der Waals surface area contributed by atoms with E-state index in [9.17, 15) is 4.79 Å². The van der Waals surface area contributed by atoms with Crippen molar-refractivity contribution < 1.29 is 9.53 Å². The Bertz CT molecular complexity index is 631. The van der Waals surface area contributed by atoms with E-state index in [-0.39, 0.29) is 30.5 Å². The molecule has 1 amide bonds. The molecule has 1 aromatic heterocycles. The average Bonchev–Trinajstić information content (AvgIpc) is 2.91. The van der Waals surface area contributed by atoms with Crippen molar-refractivity contribution in [3.63, 3.8) is 0 Å². The van der Waals surface area contributed by atoms with E-state index in [2.05, 4.69) is 40.3 Å². The molecule has 0 saturated carbocycles. The summed E-state index contributed by atoms with van der Waals surface area (Å²) in [5.41, 5.74) is 1.30. The Morgan fingerprint density at radius 2 is 2.27 bits per heavy atom. The number of fused-ring (bicyclic) bond motifs is 1. The number of rotatable bonds is 4. The van der Waals surface area contributed by atoms with Crippen LogP contribution >= 0.6 is 23.7 Å². The highest BCUT2D eigenvalue weighted by Crippen LogP contribution is 2.25. The number of carbonyl (C=O) groups is 1. The highest BCUT2D eigenvalue weighted by Gasteiger charge is 2.27. The van der Waals surface area contributed by atoms with Gasteiger partial charge in [-0.3, -0.25) is 4.79 Å². The third-order valence-electron chi connectivity index (χ3n) is 3.85. The number of nitrogens with one attached hydrogen (secondary N) is 2. The number of morpholine rings is 1. The van der Waals surface area contributed by atoms with E-state index in [1.54, 1.807) is 11.3 Å². The monoisotopic (exact) mass is 340 g/mol. The van der Waals surface area contributed by atoms with Crippen LogP contribution in [0.3, 0.4) is 0 Å². The fourth-order valence-electron chi connectivity index (χ4n) is 2.68. The van der Waals surface area contributed by atoms with Gasteiger partial charge in [0.1, 0.15) is 6.04 Å². The summed E-state index contributed by atoms with van der Waals surface area (Å²) in [5.74, 6) is 0.0294. The van der Waals surface area contributed by atoms with Gasteiger partial charge in [0.25, 0.3) is 0 Å². The Morgan fingerprint density at radius 3 is 3.09 bits per heavy atom. The second-order valence-corrected chi connectivity index (χ2v) is 6.22. The maximum atomic E-state index is 12.1. The molecule has 2 heterocycles. The number of thiophene rings is 1. The number of ether oxygens (including phenoxy) is 1. The smallest absolute Gasteiger partial charge is 0.239 e. The molecule has 6 heteroatoms. The molecule has 0 unspecified atom stereocenters. The number of carbonyl (C=O) groups excluding carboxylic acids is 1. The first kappa shape index (κ1) is 17.2. The molecule has 120 valence electrons. The largest absolute Gasteiger partial charge is 0.375 e. The number of amides is 1. The number of hydrogen-bond acceptors (Lipinski definition) is 4. The second-order valence-electron chi connectivity index (χ2n) is 5.31. The summed E-state index contributed by atoms with van der Waals surface area (Å²) in [4.78, 5) is 12.1. The van der Waals surface area contributed by atoms with Crippen LogP contribution in [-0.4, -0.2) is 37.7 Å². The zero-order chi connectivity index (χ0) is 14.7. The lowest BCUT2D eigenvalue weighted by atomic mass is 10.1. The molecule has 2 N–H and O–H groups in total. The van der Waals surface area contributed by atoms with E-state index < -0.39 is 0 Å². The van der Waals surface area contributed by atoms with Crippen molar-refractivity contribution in [2.45, 2.75) is 25.5 Å². The Morgan fingerprint density at radius 1 is 1.45 bits per heavy atom. The number of hydrogen-bond donors (Lipinski definition) is 2. The first-order valence-corrected chi connectivity index (χ1v) is 8.21. The quantitative estimate of drug-likeness (QED) is 0.898. The molecule has 1 fully saturated rings. The van der Waals surface area contributed by atoms with Crippen molar-refractivity contribution >= 4 is 39.7 Å². The normalized spacial score (nSPS) is 21.3. The molecule has 1 aromatic carbocycles. The molecule has 0 aliphatic carbocycles. The predicted octanol–water partition coefficient (Wildman–Crippen LogP) is 2.36. The lowest BCUT2D eigenvalue weighted by molar-refractivity contribution is -0.128. The molecule has 2 aromatic rings. The van der Waals surface area contributed by atoms with Gasteiger partial charge in [-0.15, -0.1) is 23.7 Å². The third kappa shape index (κ3) is 3.79. The van der Waals surface area contributed by atoms with Gasteiger partial charge < -0.3 is 15.4 Å². The lowest BCUT2D eigenvalue weighted by Crippen LogP contribution is -2.55. The van der Waals surface area contributed by atoms with Crippen molar-refractivity contribution in [1.82, 2.24) is 10.6 Å². The highest BCUT2D eigenvalue weighted by atomic mass is 35.5. The van der Waals surface area contributed by atoms with Gasteiger partial charge in [0.05, 0.1) is 12.7 Å². The fraction of sp³-hybridized carbons (Fsp3) is 0.438. The zero-order valence-corrected chi connectivity index (χ0v) is 14.1. The molecule has 3 rings (SSSR count). The minimum absolute atomic E-state index is 0. The van der Waals surface area contributed by atoms with E-state index in [1.807, 2.05) is 6.92 Å². The van der Waals surface area contributed by atoms with Crippen LogP contribution in [0.25, 0.3) is 10.1 Å². The van der Waals surface area contributed by atoms with Crippen LogP contribution in [-0.2, 0) is 16.0 Å². The van der Waals surface area contributed by atoms with Gasteiger partial charge in [-0.1, -0.05) is 18.2 Å². The Labute approximate surface area is 140 Å².